The summed E-state index contributed by atoms with van der Waals surface area (Å²) in [5.41, 5.74) is 0. The molecule has 0 unspecified atom stereocenters. The van der Waals surface area contributed by atoms with Crippen LogP contribution in [0.15, 0.2) is 0 Å². The van der Waals surface area contributed by atoms with Gasteiger partial charge in [0.05, 0.1) is 6.42 Å². The van der Waals surface area contributed by atoms with E-state index in [-0.39, 0.29) is 12.1 Å². The van der Waals surface area contributed by atoms with Crippen LogP contribution in [0, 0.1) is 0 Å². The van der Waals surface area contributed by atoms with Crippen LogP contribution in [0.5, 0.6) is 0 Å². The van der Waals surface area contributed by atoms with E-state index in [9.17, 15) is 4.79 Å². The molecule has 0 saturated carbocycles. The molecule has 1 saturated heterocycles. The van der Waals surface area contributed by atoms with Gasteiger partial charge in [0.15, 0.2) is 0 Å². The van der Waals surface area contributed by atoms with Crippen LogP contribution in [0.2, 0.25) is 0 Å². The van der Waals surface area contributed by atoms with Crippen molar-refractivity contribution in [3.8, 4) is 0 Å². The second-order valence-corrected chi connectivity index (χ2v) is 2.73. The molecule has 0 radical (unpaired) electrons. The number of ether oxygens (including phenoxy) is 2. The molecule has 1 heterocycles. The summed E-state index contributed by atoms with van der Waals surface area (Å²) in [7, 11) is 0. The smallest absolute Gasteiger partial charge is 0.308 e. The molecule has 1 rings (SSSR count). The molecule has 3 heteroatoms. The zero-order valence-electron chi connectivity index (χ0n) is 6.84. The van der Waals surface area contributed by atoms with Crippen molar-refractivity contribution in [1.82, 2.24) is 0 Å². The Labute approximate surface area is 66.7 Å². The lowest BCUT2D eigenvalue weighted by atomic mass is 10.3. The predicted molar refractivity (Wildman–Crippen MR) is 40.2 cm³/mol. The van der Waals surface area contributed by atoms with Gasteiger partial charge in [0.1, 0.15) is 12.7 Å². The number of unbranched alkanes of at least 4 members (excludes halogenated alkanes) is 1. The Morgan fingerprint density at radius 1 is 1.73 bits per heavy atom. The first-order chi connectivity index (χ1) is 5.33. The molecule has 1 aliphatic heterocycles. The van der Waals surface area contributed by atoms with Gasteiger partial charge in [-0.3, -0.25) is 4.79 Å². The highest BCUT2D eigenvalue weighted by Crippen LogP contribution is 2.09. The lowest BCUT2D eigenvalue weighted by molar-refractivity contribution is -0.137. The minimum atomic E-state index is -0.133. The minimum Gasteiger partial charge on any atom is -0.463 e. The molecule has 0 bridgehead atoms. The number of hydrogen-bond acceptors (Lipinski definition) is 3. The summed E-state index contributed by atoms with van der Waals surface area (Å²) < 4.78 is 10.1. The fraction of sp³-hybridized carbons (Fsp3) is 0.875. The van der Waals surface area contributed by atoms with Crippen LogP contribution >= 0.6 is 0 Å². The zero-order valence-corrected chi connectivity index (χ0v) is 6.84. The first-order valence-electron chi connectivity index (χ1n) is 4.10. The molecule has 1 fully saturated rings. The molecule has 11 heavy (non-hydrogen) atoms. The van der Waals surface area contributed by atoms with E-state index in [1.165, 1.54) is 0 Å². The third-order valence-electron chi connectivity index (χ3n) is 1.68. The van der Waals surface area contributed by atoms with Gasteiger partial charge >= 0.3 is 5.97 Å². The van der Waals surface area contributed by atoms with Crippen LogP contribution in [0.4, 0.5) is 0 Å². The van der Waals surface area contributed by atoms with Crippen LogP contribution in [-0.4, -0.2) is 25.3 Å². The predicted octanol–water partition coefficient (Wildman–Crippen LogP) is 1.12. The zero-order chi connectivity index (χ0) is 8.10. The molecule has 0 N–H and O–H groups in total. The molecule has 1 aliphatic rings. The third-order valence-corrected chi connectivity index (χ3v) is 1.68. The highest BCUT2D eigenvalue weighted by molar-refractivity contribution is 5.71. The topological polar surface area (TPSA) is 35.5 Å². The summed E-state index contributed by atoms with van der Waals surface area (Å²) in [4.78, 5) is 10.6. The van der Waals surface area contributed by atoms with Crippen molar-refractivity contribution < 1.29 is 14.3 Å². The van der Waals surface area contributed by atoms with Crippen molar-refractivity contribution in [1.29, 1.82) is 0 Å². The number of carbonyl (C=O) groups is 1. The van der Waals surface area contributed by atoms with Crippen molar-refractivity contribution >= 4 is 5.97 Å². The van der Waals surface area contributed by atoms with Crippen LogP contribution in [0.25, 0.3) is 0 Å². The Bertz CT molecular complexity index is 133. The molecule has 0 aromatic heterocycles. The first kappa shape index (κ1) is 8.53. The lowest BCUT2D eigenvalue weighted by Crippen LogP contribution is -2.12. The van der Waals surface area contributed by atoms with Gasteiger partial charge in [-0.2, -0.15) is 0 Å². The Morgan fingerprint density at radius 3 is 3.09 bits per heavy atom. The molecule has 0 aromatic carbocycles. The molecule has 0 aliphatic carbocycles. The van der Waals surface area contributed by atoms with E-state index in [0.717, 1.165) is 19.4 Å². The number of cyclic esters (lactones) is 1. The summed E-state index contributed by atoms with van der Waals surface area (Å²) in [6.07, 6.45) is 2.64. The normalized spacial score (nSPS) is 23.7. The van der Waals surface area contributed by atoms with Crippen molar-refractivity contribution in [2.24, 2.45) is 0 Å². The van der Waals surface area contributed by atoms with Crippen LogP contribution in [0.1, 0.15) is 26.2 Å². The Hall–Kier alpha value is -0.570. The SMILES string of the molecule is CCCCO[C@@H]1COC(=O)C1. The fourth-order valence-corrected chi connectivity index (χ4v) is 0.991. The second-order valence-electron chi connectivity index (χ2n) is 2.73. The number of esters is 1. The Balaban J connectivity index is 2.04. The van der Waals surface area contributed by atoms with E-state index < -0.39 is 0 Å². The summed E-state index contributed by atoms with van der Waals surface area (Å²) in [6.45, 7) is 3.31. The molecule has 3 nitrogen and oxygen atoms in total. The van der Waals surface area contributed by atoms with E-state index >= 15 is 0 Å². The average Bonchev–Trinajstić information content (AvgIpc) is 2.37. The summed E-state index contributed by atoms with van der Waals surface area (Å²) in [5, 5.41) is 0. The Kier molecular flexibility index (Phi) is 3.36. The van der Waals surface area contributed by atoms with Gasteiger partial charge in [-0.25, -0.2) is 0 Å². The average molecular weight is 158 g/mol. The van der Waals surface area contributed by atoms with Crippen LogP contribution in [-0.2, 0) is 14.3 Å². The van der Waals surface area contributed by atoms with Gasteiger partial charge in [0.2, 0.25) is 0 Å². The second kappa shape index (κ2) is 4.34. The maximum atomic E-state index is 10.6. The van der Waals surface area contributed by atoms with Gasteiger partial charge in [-0.15, -0.1) is 0 Å². The lowest BCUT2D eigenvalue weighted by Gasteiger charge is -2.06. The fourth-order valence-electron chi connectivity index (χ4n) is 0.991. The van der Waals surface area contributed by atoms with Gasteiger partial charge in [-0.05, 0) is 6.42 Å². The standard InChI is InChI=1S/C8H14O3/c1-2-3-4-10-7-5-8(9)11-6-7/h7H,2-6H2,1H3/t7-/m0/s1. The molecule has 0 aromatic rings. The van der Waals surface area contributed by atoms with E-state index in [2.05, 4.69) is 6.92 Å². The number of hydrogen-bond donors (Lipinski definition) is 0. The van der Waals surface area contributed by atoms with Crippen molar-refractivity contribution in [3.05, 3.63) is 0 Å². The molecule has 64 valence electrons. The summed E-state index contributed by atoms with van der Waals surface area (Å²) >= 11 is 0. The number of rotatable bonds is 4. The monoisotopic (exact) mass is 158 g/mol. The highest BCUT2D eigenvalue weighted by Gasteiger charge is 2.23. The van der Waals surface area contributed by atoms with Crippen molar-refractivity contribution in [2.45, 2.75) is 32.3 Å². The molecule has 0 spiro atoms. The van der Waals surface area contributed by atoms with Gasteiger partial charge in [-0.1, -0.05) is 13.3 Å². The van der Waals surface area contributed by atoms with Gasteiger partial charge < -0.3 is 9.47 Å². The van der Waals surface area contributed by atoms with E-state index in [1.54, 1.807) is 0 Å². The maximum absolute atomic E-state index is 10.6. The Morgan fingerprint density at radius 2 is 2.55 bits per heavy atom. The van der Waals surface area contributed by atoms with Gasteiger partial charge in [0.25, 0.3) is 0 Å². The summed E-state index contributed by atoms with van der Waals surface area (Å²) in [6, 6.07) is 0. The van der Waals surface area contributed by atoms with Crippen LogP contribution < -0.4 is 0 Å². The molecule has 0 amide bonds. The highest BCUT2D eigenvalue weighted by atomic mass is 16.6. The number of carbonyl (C=O) groups excluding carboxylic acids is 1. The van der Waals surface area contributed by atoms with E-state index in [4.69, 9.17) is 9.47 Å². The molecular formula is C8H14O3. The van der Waals surface area contributed by atoms with Crippen molar-refractivity contribution in [2.75, 3.05) is 13.2 Å². The van der Waals surface area contributed by atoms with E-state index in [0.29, 0.717) is 13.0 Å². The first-order valence-corrected chi connectivity index (χ1v) is 4.10. The summed E-state index contributed by atoms with van der Waals surface area (Å²) in [5.74, 6) is -0.133. The quantitative estimate of drug-likeness (QED) is 0.454. The third kappa shape index (κ3) is 2.89. The van der Waals surface area contributed by atoms with Gasteiger partial charge in [0, 0.05) is 6.61 Å². The van der Waals surface area contributed by atoms with E-state index in [1.807, 2.05) is 0 Å². The molecule has 1 atom stereocenters. The largest absolute Gasteiger partial charge is 0.463 e. The maximum Gasteiger partial charge on any atom is 0.308 e. The van der Waals surface area contributed by atoms with Crippen molar-refractivity contribution in [3.63, 3.8) is 0 Å². The molecular weight excluding hydrogens is 144 g/mol. The minimum absolute atomic E-state index is 0.0223. The van der Waals surface area contributed by atoms with Crippen LogP contribution in [0.3, 0.4) is 0 Å².